The Morgan fingerprint density at radius 1 is 1.37 bits per heavy atom. The standard InChI is InChI=1S/C13H16N4OS/c1-8(2)11-7-19-13(14-11)15-12(18)6-10-5-4-9(3)16-17-10/h4-5,7-8H,6H2,1-3H3,(H,14,15,18). The van der Waals surface area contributed by atoms with Crippen LogP contribution in [0.4, 0.5) is 5.13 Å². The molecule has 1 N–H and O–H groups in total. The third kappa shape index (κ3) is 3.82. The molecular formula is C13H16N4OS. The lowest BCUT2D eigenvalue weighted by Gasteiger charge is -2.01. The van der Waals surface area contributed by atoms with Crippen LogP contribution in [0.5, 0.6) is 0 Å². The van der Waals surface area contributed by atoms with E-state index in [0.29, 0.717) is 16.7 Å². The molecule has 19 heavy (non-hydrogen) atoms. The van der Waals surface area contributed by atoms with Gasteiger partial charge in [-0.15, -0.1) is 11.3 Å². The maximum absolute atomic E-state index is 11.8. The van der Waals surface area contributed by atoms with Gasteiger partial charge in [-0.05, 0) is 25.0 Å². The molecule has 0 spiro atoms. The third-order valence-corrected chi connectivity index (χ3v) is 3.33. The zero-order chi connectivity index (χ0) is 13.8. The Morgan fingerprint density at radius 2 is 2.16 bits per heavy atom. The van der Waals surface area contributed by atoms with Crippen LogP contribution in [0.15, 0.2) is 17.5 Å². The first-order chi connectivity index (χ1) is 9.04. The van der Waals surface area contributed by atoms with Crippen LogP contribution in [0.1, 0.15) is 36.8 Å². The number of rotatable bonds is 4. The number of nitrogens with zero attached hydrogens (tertiary/aromatic N) is 3. The van der Waals surface area contributed by atoms with E-state index in [0.717, 1.165) is 11.4 Å². The molecule has 0 atom stereocenters. The van der Waals surface area contributed by atoms with Crippen LogP contribution in [-0.2, 0) is 11.2 Å². The Hall–Kier alpha value is -1.82. The fourth-order valence-corrected chi connectivity index (χ4v) is 2.35. The first-order valence-electron chi connectivity index (χ1n) is 6.09. The van der Waals surface area contributed by atoms with E-state index < -0.39 is 0 Å². The van der Waals surface area contributed by atoms with Gasteiger partial charge in [-0.25, -0.2) is 4.98 Å². The van der Waals surface area contributed by atoms with Gasteiger partial charge in [0.1, 0.15) is 0 Å². The fourth-order valence-electron chi connectivity index (χ4n) is 1.46. The molecule has 0 unspecified atom stereocenters. The topological polar surface area (TPSA) is 67.8 Å². The van der Waals surface area contributed by atoms with Crippen LogP contribution < -0.4 is 5.32 Å². The van der Waals surface area contributed by atoms with E-state index in [4.69, 9.17) is 0 Å². The molecule has 1 amide bonds. The normalized spacial score (nSPS) is 10.7. The van der Waals surface area contributed by atoms with Crippen LogP contribution in [0.2, 0.25) is 0 Å². The third-order valence-electron chi connectivity index (χ3n) is 2.55. The van der Waals surface area contributed by atoms with Gasteiger partial charge < -0.3 is 5.32 Å². The molecule has 0 fully saturated rings. The summed E-state index contributed by atoms with van der Waals surface area (Å²) in [5.74, 6) is 0.243. The largest absolute Gasteiger partial charge is 0.302 e. The molecule has 0 bridgehead atoms. The molecule has 100 valence electrons. The number of aryl methyl sites for hydroxylation is 1. The maximum atomic E-state index is 11.8. The summed E-state index contributed by atoms with van der Waals surface area (Å²) in [5.41, 5.74) is 2.49. The monoisotopic (exact) mass is 276 g/mol. The van der Waals surface area contributed by atoms with Gasteiger partial charge in [-0.3, -0.25) is 4.79 Å². The van der Waals surface area contributed by atoms with Crippen molar-refractivity contribution in [1.82, 2.24) is 15.2 Å². The summed E-state index contributed by atoms with van der Waals surface area (Å²) in [5, 5.41) is 13.3. The van der Waals surface area contributed by atoms with Crippen LogP contribution in [-0.4, -0.2) is 21.1 Å². The van der Waals surface area contributed by atoms with Gasteiger partial charge in [0.25, 0.3) is 0 Å². The molecular weight excluding hydrogens is 260 g/mol. The van der Waals surface area contributed by atoms with Gasteiger partial charge in [0, 0.05) is 5.38 Å². The molecule has 0 aliphatic heterocycles. The quantitative estimate of drug-likeness (QED) is 0.931. The van der Waals surface area contributed by atoms with E-state index in [-0.39, 0.29) is 12.3 Å². The van der Waals surface area contributed by atoms with E-state index in [2.05, 4.69) is 34.3 Å². The van der Waals surface area contributed by atoms with E-state index in [1.807, 2.05) is 24.4 Å². The summed E-state index contributed by atoms with van der Waals surface area (Å²) in [6, 6.07) is 3.65. The Balaban J connectivity index is 1.95. The van der Waals surface area contributed by atoms with Crippen molar-refractivity contribution >= 4 is 22.4 Å². The molecule has 2 aromatic rings. The number of thiazole rings is 1. The number of aromatic nitrogens is 3. The molecule has 2 rings (SSSR count). The van der Waals surface area contributed by atoms with Gasteiger partial charge in [0.05, 0.1) is 23.5 Å². The van der Waals surface area contributed by atoms with Crippen molar-refractivity contribution < 1.29 is 4.79 Å². The Kier molecular flexibility index (Phi) is 4.21. The number of hydrogen-bond acceptors (Lipinski definition) is 5. The lowest BCUT2D eigenvalue weighted by atomic mass is 10.2. The predicted octanol–water partition coefficient (Wildman–Crippen LogP) is 2.55. The SMILES string of the molecule is Cc1ccc(CC(=O)Nc2nc(C(C)C)cs2)nn1. The molecule has 0 saturated heterocycles. The lowest BCUT2D eigenvalue weighted by Crippen LogP contribution is -2.15. The van der Waals surface area contributed by atoms with E-state index in [9.17, 15) is 4.79 Å². The number of hydrogen-bond donors (Lipinski definition) is 1. The van der Waals surface area contributed by atoms with Crippen LogP contribution in [0.3, 0.4) is 0 Å². The Labute approximate surface area is 116 Å². The van der Waals surface area contributed by atoms with Crippen LogP contribution in [0, 0.1) is 6.92 Å². The molecule has 0 radical (unpaired) electrons. The van der Waals surface area contributed by atoms with Crippen molar-refractivity contribution in [2.75, 3.05) is 5.32 Å². The Bertz CT molecular complexity index is 562. The lowest BCUT2D eigenvalue weighted by molar-refractivity contribution is -0.115. The molecule has 2 aromatic heterocycles. The second-order valence-corrected chi connectivity index (χ2v) is 5.48. The summed E-state index contributed by atoms with van der Waals surface area (Å²) >= 11 is 1.44. The summed E-state index contributed by atoms with van der Waals surface area (Å²) in [6.45, 7) is 6.00. The highest BCUT2D eigenvalue weighted by Crippen LogP contribution is 2.21. The van der Waals surface area contributed by atoms with E-state index in [1.165, 1.54) is 11.3 Å². The first kappa shape index (κ1) is 13.6. The molecule has 0 aliphatic carbocycles. The highest BCUT2D eigenvalue weighted by atomic mass is 32.1. The maximum Gasteiger partial charge on any atom is 0.232 e. The van der Waals surface area contributed by atoms with Gasteiger partial charge in [0.15, 0.2) is 5.13 Å². The van der Waals surface area contributed by atoms with Crippen LogP contribution >= 0.6 is 11.3 Å². The minimum Gasteiger partial charge on any atom is -0.302 e. The van der Waals surface area contributed by atoms with E-state index in [1.54, 1.807) is 0 Å². The van der Waals surface area contributed by atoms with Gasteiger partial charge in [-0.2, -0.15) is 10.2 Å². The molecule has 6 heteroatoms. The van der Waals surface area contributed by atoms with Gasteiger partial charge >= 0.3 is 0 Å². The van der Waals surface area contributed by atoms with Crippen LogP contribution in [0.25, 0.3) is 0 Å². The number of carbonyl (C=O) groups excluding carboxylic acids is 1. The highest BCUT2D eigenvalue weighted by molar-refractivity contribution is 7.13. The zero-order valence-corrected chi connectivity index (χ0v) is 12.0. The molecule has 0 aliphatic rings. The fraction of sp³-hybridized carbons (Fsp3) is 0.385. The highest BCUT2D eigenvalue weighted by Gasteiger charge is 2.10. The summed E-state index contributed by atoms with van der Waals surface area (Å²) < 4.78 is 0. The summed E-state index contributed by atoms with van der Waals surface area (Å²) in [7, 11) is 0. The average Bonchev–Trinajstić information content (AvgIpc) is 2.80. The van der Waals surface area contributed by atoms with Crippen molar-refractivity contribution in [3.05, 3.63) is 34.6 Å². The smallest absolute Gasteiger partial charge is 0.232 e. The van der Waals surface area contributed by atoms with E-state index >= 15 is 0 Å². The van der Waals surface area contributed by atoms with Crippen molar-refractivity contribution in [1.29, 1.82) is 0 Å². The van der Waals surface area contributed by atoms with Gasteiger partial charge in [-0.1, -0.05) is 13.8 Å². The molecule has 0 saturated carbocycles. The number of carbonyl (C=O) groups is 1. The van der Waals surface area contributed by atoms with Crippen molar-refractivity contribution in [2.45, 2.75) is 33.1 Å². The molecule has 0 aromatic carbocycles. The molecule has 2 heterocycles. The number of nitrogens with one attached hydrogen (secondary N) is 1. The first-order valence-corrected chi connectivity index (χ1v) is 6.97. The second kappa shape index (κ2) is 5.88. The Morgan fingerprint density at radius 3 is 2.74 bits per heavy atom. The van der Waals surface area contributed by atoms with Gasteiger partial charge in [0.2, 0.25) is 5.91 Å². The zero-order valence-electron chi connectivity index (χ0n) is 11.2. The minimum atomic E-state index is -0.122. The van der Waals surface area contributed by atoms with Crippen molar-refractivity contribution in [3.8, 4) is 0 Å². The van der Waals surface area contributed by atoms with Crippen molar-refractivity contribution in [3.63, 3.8) is 0 Å². The second-order valence-electron chi connectivity index (χ2n) is 4.62. The average molecular weight is 276 g/mol. The minimum absolute atomic E-state index is 0.122. The van der Waals surface area contributed by atoms with Crippen molar-refractivity contribution in [2.24, 2.45) is 0 Å². The summed E-state index contributed by atoms with van der Waals surface area (Å²) in [6.07, 6.45) is 0.212. The number of anilines is 1. The predicted molar refractivity (Wildman–Crippen MR) is 75.3 cm³/mol. The summed E-state index contributed by atoms with van der Waals surface area (Å²) in [4.78, 5) is 16.2. The number of amides is 1. The molecule has 5 nitrogen and oxygen atoms in total.